The maximum Gasteiger partial charge on any atom is 0.317 e. The first-order valence-electron chi connectivity index (χ1n) is 10.1. The van der Waals surface area contributed by atoms with E-state index in [0.717, 1.165) is 18.4 Å². The normalized spacial score (nSPS) is 32.4. The van der Waals surface area contributed by atoms with Crippen LogP contribution in [0.2, 0.25) is 0 Å². The molecule has 3 aliphatic rings. The third-order valence-electron chi connectivity index (χ3n) is 6.14. The number of rotatable bonds is 5. The van der Waals surface area contributed by atoms with Crippen LogP contribution in [0.4, 0.5) is 0 Å². The standard InChI is InChI=1S/C22H29NO5/c1-22(2,3)21(25)26-12-15(13-8-6-5-7-9-13)20(24)27-14-10-16-18-19(28-18)17(11-14)23(16)4/h5-9,14-19H,10-12H2,1-4H3/t14?,15-,16+,17+,18-,19+/m1/s1. The van der Waals surface area contributed by atoms with Crippen molar-refractivity contribution in [2.75, 3.05) is 13.7 Å². The molecule has 0 spiro atoms. The highest BCUT2D eigenvalue weighted by molar-refractivity contribution is 5.80. The molecule has 2 bridgehead atoms. The van der Waals surface area contributed by atoms with Crippen LogP contribution >= 0.6 is 0 Å². The minimum atomic E-state index is -0.615. The minimum Gasteiger partial charge on any atom is -0.464 e. The molecule has 0 N–H and O–H groups in total. The lowest BCUT2D eigenvalue weighted by atomic mass is 9.96. The number of epoxide rings is 1. The number of morpholine rings is 1. The summed E-state index contributed by atoms with van der Waals surface area (Å²) in [6.07, 6.45) is 2.08. The molecule has 0 radical (unpaired) electrons. The summed E-state index contributed by atoms with van der Waals surface area (Å²) in [5.74, 6) is -1.26. The van der Waals surface area contributed by atoms with Crippen LogP contribution in [0.15, 0.2) is 30.3 Å². The van der Waals surface area contributed by atoms with E-state index in [9.17, 15) is 9.59 Å². The lowest BCUT2D eigenvalue weighted by molar-refractivity contribution is -0.161. The Bertz CT molecular complexity index is 725. The van der Waals surface area contributed by atoms with Gasteiger partial charge in [0.1, 0.15) is 30.8 Å². The fraction of sp³-hybridized carbons (Fsp3) is 0.636. The van der Waals surface area contributed by atoms with E-state index < -0.39 is 11.3 Å². The van der Waals surface area contributed by atoms with Gasteiger partial charge in [0.15, 0.2) is 0 Å². The van der Waals surface area contributed by atoms with Gasteiger partial charge in [0.05, 0.1) is 5.41 Å². The number of hydrogen-bond donors (Lipinski definition) is 0. The summed E-state index contributed by atoms with van der Waals surface area (Å²) in [5, 5.41) is 0. The van der Waals surface area contributed by atoms with Crippen LogP contribution in [-0.2, 0) is 23.8 Å². The Labute approximate surface area is 166 Å². The van der Waals surface area contributed by atoms with Gasteiger partial charge in [-0.1, -0.05) is 30.3 Å². The number of hydrogen-bond acceptors (Lipinski definition) is 6. The number of carbonyl (C=O) groups is 2. The van der Waals surface area contributed by atoms with Gasteiger partial charge in [-0.05, 0) is 33.4 Å². The predicted octanol–water partition coefficient (Wildman–Crippen LogP) is 2.52. The van der Waals surface area contributed by atoms with E-state index in [-0.39, 0.29) is 24.6 Å². The van der Waals surface area contributed by atoms with Crippen LogP contribution in [0.1, 0.15) is 45.1 Å². The van der Waals surface area contributed by atoms with E-state index in [1.807, 2.05) is 30.3 Å². The molecular formula is C22H29NO5. The quantitative estimate of drug-likeness (QED) is 0.571. The topological polar surface area (TPSA) is 68.4 Å². The summed E-state index contributed by atoms with van der Waals surface area (Å²) >= 11 is 0. The molecule has 6 nitrogen and oxygen atoms in total. The second kappa shape index (κ2) is 7.16. The van der Waals surface area contributed by atoms with Gasteiger partial charge < -0.3 is 14.2 Å². The molecule has 1 aromatic carbocycles. The average molecular weight is 387 g/mol. The highest BCUT2D eigenvalue weighted by atomic mass is 16.6. The molecule has 0 aromatic heterocycles. The smallest absolute Gasteiger partial charge is 0.317 e. The molecule has 0 saturated carbocycles. The van der Waals surface area contributed by atoms with Crippen molar-refractivity contribution in [1.29, 1.82) is 0 Å². The zero-order valence-electron chi connectivity index (χ0n) is 17.0. The van der Waals surface area contributed by atoms with Crippen molar-refractivity contribution >= 4 is 11.9 Å². The second-order valence-electron chi connectivity index (χ2n) is 9.21. The Morgan fingerprint density at radius 1 is 1.14 bits per heavy atom. The van der Waals surface area contributed by atoms with Crippen molar-refractivity contribution in [1.82, 2.24) is 4.90 Å². The van der Waals surface area contributed by atoms with Gasteiger partial charge in [-0.3, -0.25) is 14.5 Å². The monoisotopic (exact) mass is 387 g/mol. The Kier molecular flexibility index (Phi) is 4.96. The van der Waals surface area contributed by atoms with Gasteiger partial charge in [0.25, 0.3) is 0 Å². The summed E-state index contributed by atoms with van der Waals surface area (Å²) in [4.78, 5) is 27.6. The van der Waals surface area contributed by atoms with Crippen molar-refractivity contribution in [2.24, 2.45) is 5.41 Å². The zero-order valence-corrected chi connectivity index (χ0v) is 17.0. The molecule has 1 aromatic rings. The number of ether oxygens (including phenoxy) is 3. The first-order valence-corrected chi connectivity index (χ1v) is 10.1. The fourth-order valence-corrected chi connectivity index (χ4v) is 4.40. The zero-order chi connectivity index (χ0) is 20.1. The number of carbonyl (C=O) groups excluding carboxylic acids is 2. The van der Waals surface area contributed by atoms with Gasteiger partial charge in [-0.25, -0.2) is 0 Å². The van der Waals surface area contributed by atoms with Crippen molar-refractivity contribution in [3.63, 3.8) is 0 Å². The van der Waals surface area contributed by atoms with Crippen LogP contribution in [0.3, 0.4) is 0 Å². The van der Waals surface area contributed by atoms with Gasteiger partial charge >= 0.3 is 11.9 Å². The molecule has 1 unspecified atom stereocenters. The highest BCUT2D eigenvalue weighted by Gasteiger charge is 2.62. The number of benzene rings is 1. The van der Waals surface area contributed by atoms with E-state index >= 15 is 0 Å². The second-order valence-corrected chi connectivity index (χ2v) is 9.21. The SMILES string of the molecule is CN1[C@H]2CC(OC(=O)[C@H](COC(=O)C(C)(C)C)c3ccccc3)C[C@H]1[C@H]1O[C@H]12. The maximum absolute atomic E-state index is 13.0. The van der Waals surface area contributed by atoms with Crippen LogP contribution < -0.4 is 0 Å². The molecule has 6 atom stereocenters. The van der Waals surface area contributed by atoms with Crippen molar-refractivity contribution < 1.29 is 23.8 Å². The van der Waals surface area contributed by atoms with Gasteiger partial charge in [0.2, 0.25) is 0 Å². The molecule has 3 saturated heterocycles. The maximum atomic E-state index is 13.0. The molecule has 0 aliphatic carbocycles. The van der Waals surface area contributed by atoms with E-state index in [2.05, 4.69) is 11.9 Å². The minimum absolute atomic E-state index is 0.00715. The molecule has 152 valence electrons. The Balaban J connectivity index is 1.42. The number of esters is 2. The Hall–Kier alpha value is -1.92. The number of fused-ring (bicyclic) bond motifs is 5. The fourth-order valence-electron chi connectivity index (χ4n) is 4.40. The predicted molar refractivity (Wildman–Crippen MR) is 103 cm³/mol. The molecular weight excluding hydrogens is 358 g/mol. The van der Waals surface area contributed by atoms with E-state index in [1.54, 1.807) is 20.8 Å². The lowest BCUT2D eigenvalue weighted by Gasteiger charge is -2.38. The van der Waals surface area contributed by atoms with E-state index in [4.69, 9.17) is 14.2 Å². The first kappa shape index (κ1) is 19.4. The van der Waals surface area contributed by atoms with Crippen LogP contribution in [0.25, 0.3) is 0 Å². The molecule has 4 rings (SSSR count). The summed E-state index contributed by atoms with van der Waals surface area (Å²) < 4.78 is 17.1. The van der Waals surface area contributed by atoms with E-state index in [1.165, 1.54) is 0 Å². The Morgan fingerprint density at radius 2 is 1.75 bits per heavy atom. The molecule has 3 aliphatic heterocycles. The first-order chi connectivity index (χ1) is 13.3. The lowest BCUT2D eigenvalue weighted by Crippen LogP contribution is -2.48. The molecule has 3 fully saturated rings. The molecule has 0 amide bonds. The third-order valence-corrected chi connectivity index (χ3v) is 6.14. The van der Waals surface area contributed by atoms with Gasteiger partial charge in [0, 0.05) is 24.9 Å². The van der Waals surface area contributed by atoms with Crippen molar-refractivity contribution in [3.05, 3.63) is 35.9 Å². The van der Waals surface area contributed by atoms with E-state index in [0.29, 0.717) is 24.3 Å². The molecule has 3 heterocycles. The van der Waals surface area contributed by atoms with Crippen molar-refractivity contribution in [2.45, 2.75) is 69.9 Å². The highest BCUT2D eigenvalue weighted by Crippen LogP contribution is 2.48. The van der Waals surface area contributed by atoms with Crippen LogP contribution in [0.5, 0.6) is 0 Å². The van der Waals surface area contributed by atoms with Crippen LogP contribution in [-0.4, -0.2) is 60.9 Å². The van der Waals surface area contributed by atoms with Gasteiger partial charge in [-0.2, -0.15) is 0 Å². The molecule has 28 heavy (non-hydrogen) atoms. The largest absolute Gasteiger partial charge is 0.464 e. The average Bonchev–Trinajstić information content (AvgIpc) is 3.40. The number of piperidine rings is 1. The van der Waals surface area contributed by atoms with Crippen molar-refractivity contribution in [3.8, 4) is 0 Å². The summed E-state index contributed by atoms with van der Waals surface area (Å²) in [6, 6.07) is 10.1. The van der Waals surface area contributed by atoms with Gasteiger partial charge in [-0.15, -0.1) is 0 Å². The summed E-state index contributed by atoms with van der Waals surface area (Å²) in [5.41, 5.74) is 0.190. The number of likely N-dealkylation sites (N-methyl/N-ethyl adjacent to an activating group) is 1. The summed E-state index contributed by atoms with van der Waals surface area (Å²) in [7, 11) is 2.13. The third kappa shape index (κ3) is 3.67. The number of nitrogens with zero attached hydrogens (tertiary/aromatic N) is 1. The Morgan fingerprint density at radius 3 is 2.32 bits per heavy atom. The molecule has 6 heteroatoms. The van der Waals surface area contributed by atoms with Crippen LogP contribution in [0, 0.1) is 5.41 Å². The summed E-state index contributed by atoms with van der Waals surface area (Å²) in [6.45, 7) is 5.39.